The van der Waals surface area contributed by atoms with E-state index >= 15 is 0 Å². The first kappa shape index (κ1) is 14.0. The number of nitrogens with one attached hydrogen (secondary N) is 1. The minimum atomic E-state index is -0.988. The molecule has 0 aromatic rings. The Labute approximate surface area is 102 Å². The Morgan fingerprint density at radius 3 is 2.53 bits per heavy atom. The first-order chi connectivity index (χ1) is 7.99. The van der Waals surface area contributed by atoms with Crippen LogP contribution in [0.2, 0.25) is 0 Å². The summed E-state index contributed by atoms with van der Waals surface area (Å²) in [5, 5.41) is 11.1. The predicted molar refractivity (Wildman–Crippen MR) is 64.7 cm³/mol. The lowest BCUT2D eigenvalue weighted by Gasteiger charge is -2.28. The lowest BCUT2D eigenvalue weighted by atomic mass is 9.92. The highest BCUT2D eigenvalue weighted by molar-refractivity contribution is 5.83. The SMILES string of the molecule is C[C@H](NC(=O)CCC1CCN(C)CC1)C(=O)O. The standard InChI is InChI=1S/C12H22N2O3/c1-9(12(16)17)13-11(15)4-3-10-5-7-14(2)8-6-10/h9-10H,3-8H2,1-2H3,(H,13,15)(H,16,17)/t9-/m0/s1. The summed E-state index contributed by atoms with van der Waals surface area (Å²) in [6, 6.07) is -0.792. The molecule has 0 aromatic heterocycles. The van der Waals surface area contributed by atoms with Crippen LogP contribution in [0.3, 0.4) is 0 Å². The Morgan fingerprint density at radius 2 is 2.00 bits per heavy atom. The van der Waals surface area contributed by atoms with Crippen molar-refractivity contribution in [3.8, 4) is 0 Å². The van der Waals surface area contributed by atoms with Crippen molar-refractivity contribution in [2.75, 3.05) is 20.1 Å². The van der Waals surface area contributed by atoms with Crippen LogP contribution in [0.25, 0.3) is 0 Å². The van der Waals surface area contributed by atoms with Gasteiger partial charge in [-0.15, -0.1) is 0 Å². The van der Waals surface area contributed by atoms with Crippen molar-refractivity contribution in [2.24, 2.45) is 5.92 Å². The molecule has 98 valence electrons. The highest BCUT2D eigenvalue weighted by Gasteiger charge is 2.19. The van der Waals surface area contributed by atoms with Crippen molar-refractivity contribution < 1.29 is 14.7 Å². The summed E-state index contributed by atoms with van der Waals surface area (Å²) in [5.41, 5.74) is 0. The summed E-state index contributed by atoms with van der Waals surface area (Å²) in [7, 11) is 2.11. The van der Waals surface area contributed by atoms with E-state index in [4.69, 9.17) is 5.11 Å². The fourth-order valence-corrected chi connectivity index (χ4v) is 2.06. The quantitative estimate of drug-likeness (QED) is 0.744. The summed E-state index contributed by atoms with van der Waals surface area (Å²) in [5.74, 6) is -0.534. The van der Waals surface area contributed by atoms with Gasteiger partial charge in [-0.05, 0) is 52.2 Å². The molecular weight excluding hydrogens is 220 g/mol. The number of carboxylic acids is 1. The van der Waals surface area contributed by atoms with Crippen LogP contribution in [0.4, 0.5) is 0 Å². The molecule has 0 saturated carbocycles. The number of amides is 1. The summed E-state index contributed by atoms with van der Waals surface area (Å²) >= 11 is 0. The Morgan fingerprint density at radius 1 is 1.41 bits per heavy atom. The minimum Gasteiger partial charge on any atom is -0.480 e. The summed E-state index contributed by atoms with van der Waals surface area (Å²) in [6.07, 6.45) is 3.58. The van der Waals surface area contributed by atoms with Gasteiger partial charge in [0, 0.05) is 6.42 Å². The van der Waals surface area contributed by atoms with E-state index in [9.17, 15) is 9.59 Å². The molecule has 2 N–H and O–H groups in total. The highest BCUT2D eigenvalue weighted by Crippen LogP contribution is 2.20. The summed E-state index contributed by atoms with van der Waals surface area (Å²) in [4.78, 5) is 24.3. The third-order valence-corrected chi connectivity index (χ3v) is 3.37. The second kappa shape index (κ2) is 6.59. The molecule has 5 heteroatoms. The Balaban J connectivity index is 2.17. The van der Waals surface area contributed by atoms with Gasteiger partial charge < -0.3 is 15.3 Å². The largest absolute Gasteiger partial charge is 0.480 e. The molecule has 0 spiro atoms. The van der Waals surface area contributed by atoms with Gasteiger partial charge >= 0.3 is 5.97 Å². The molecule has 1 rings (SSSR count). The molecule has 1 amide bonds. The molecule has 17 heavy (non-hydrogen) atoms. The van der Waals surface area contributed by atoms with Crippen LogP contribution in [0.5, 0.6) is 0 Å². The molecule has 5 nitrogen and oxygen atoms in total. The lowest BCUT2D eigenvalue weighted by molar-refractivity contribution is -0.141. The number of hydrogen-bond acceptors (Lipinski definition) is 3. The van der Waals surface area contributed by atoms with Crippen LogP contribution in [-0.2, 0) is 9.59 Å². The Kier molecular flexibility index (Phi) is 5.41. The number of carbonyl (C=O) groups is 2. The third kappa shape index (κ3) is 5.17. The van der Waals surface area contributed by atoms with Crippen molar-refractivity contribution in [3.05, 3.63) is 0 Å². The van der Waals surface area contributed by atoms with Crippen LogP contribution >= 0.6 is 0 Å². The van der Waals surface area contributed by atoms with Crippen LogP contribution in [0.15, 0.2) is 0 Å². The van der Waals surface area contributed by atoms with Crippen molar-refractivity contribution in [3.63, 3.8) is 0 Å². The molecule has 0 aliphatic carbocycles. The van der Waals surface area contributed by atoms with Gasteiger partial charge in [0.2, 0.25) is 5.91 Å². The van der Waals surface area contributed by atoms with E-state index in [0.29, 0.717) is 12.3 Å². The number of rotatable bonds is 5. The van der Waals surface area contributed by atoms with Gasteiger partial charge in [0.05, 0.1) is 0 Å². The second-order valence-electron chi connectivity index (χ2n) is 4.91. The van der Waals surface area contributed by atoms with Gasteiger partial charge in [0.25, 0.3) is 0 Å². The van der Waals surface area contributed by atoms with E-state index in [2.05, 4.69) is 17.3 Å². The minimum absolute atomic E-state index is 0.154. The molecule has 1 fully saturated rings. The van der Waals surface area contributed by atoms with Gasteiger partial charge in [0.1, 0.15) is 6.04 Å². The van der Waals surface area contributed by atoms with E-state index in [1.807, 2.05) is 0 Å². The maximum absolute atomic E-state index is 11.5. The molecular formula is C12H22N2O3. The van der Waals surface area contributed by atoms with Crippen molar-refractivity contribution in [2.45, 2.75) is 38.6 Å². The first-order valence-electron chi connectivity index (χ1n) is 6.19. The number of hydrogen-bond donors (Lipinski definition) is 2. The Hall–Kier alpha value is -1.10. The summed E-state index contributed by atoms with van der Waals surface area (Å²) < 4.78 is 0. The fraction of sp³-hybridized carbons (Fsp3) is 0.833. The number of carboxylic acid groups (broad SMARTS) is 1. The monoisotopic (exact) mass is 242 g/mol. The normalized spacial score (nSPS) is 19.9. The molecule has 0 unspecified atom stereocenters. The maximum atomic E-state index is 11.5. The molecule has 1 aliphatic heterocycles. The number of carbonyl (C=O) groups excluding carboxylic acids is 1. The van der Waals surface area contributed by atoms with Crippen LogP contribution < -0.4 is 5.32 Å². The molecule has 1 saturated heterocycles. The number of piperidine rings is 1. The average Bonchev–Trinajstić information content (AvgIpc) is 2.28. The Bertz CT molecular complexity index is 273. The van der Waals surface area contributed by atoms with Crippen LogP contribution in [0.1, 0.15) is 32.6 Å². The van der Waals surface area contributed by atoms with Crippen LogP contribution in [-0.4, -0.2) is 48.1 Å². The number of aliphatic carboxylic acids is 1. The van der Waals surface area contributed by atoms with Gasteiger partial charge in [-0.1, -0.05) is 0 Å². The molecule has 1 aliphatic rings. The molecule has 0 bridgehead atoms. The van der Waals surface area contributed by atoms with Gasteiger partial charge in [-0.25, -0.2) is 0 Å². The number of likely N-dealkylation sites (tertiary alicyclic amines) is 1. The zero-order chi connectivity index (χ0) is 12.8. The lowest BCUT2D eigenvalue weighted by Crippen LogP contribution is -2.38. The molecule has 1 atom stereocenters. The van der Waals surface area contributed by atoms with E-state index in [-0.39, 0.29) is 5.91 Å². The second-order valence-corrected chi connectivity index (χ2v) is 4.91. The first-order valence-corrected chi connectivity index (χ1v) is 6.19. The van der Waals surface area contributed by atoms with Gasteiger partial charge in [-0.2, -0.15) is 0 Å². The molecule has 0 aromatic carbocycles. The predicted octanol–water partition coefficient (Wildman–Crippen LogP) is 0.698. The number of nitrogens with zero attached hydrogens (tertiary/aromatic N) is 1. The van der Waals surface area contributed by atoms with Crippen LogP contribution in [0, 0.1) is 5.92 Å². The van der Waals surface area contributed by atoms with Crippen molar-refractivity contribution in [1.29, 1.82) is 0 Å². The van der Waals surface area contributed by atoms with Gasteiger partial charge in [0.15, 0.2) is 0 Å². The van der Waals surface area contributed by atoms with E-state index in [1.54, 1.807) is 0 Å². The fourth-order valence-electron chi connectivity index (χ4n) is 2.06. The van der Waals surface area contributed by atoms with Gasteiger partial charge in [-0.3, -0.25) is 9.59 Å². The van der Waals surface area contributed by atoms with E-state index in [1.165, 1.54) is 6.92 Å². The average molecular weight is 242 g/mol. The van der Waals surface area contributed by atoms with E-state index in [0.717, 1.165) is 32.4 Å². The van der Waals surface area contributed by atoms with Crippen molar-refractivity contribution in [1.82, 2.24) is 10.2 Å². The zero-order valence-electron chi connectivity index (χ0n) is 10.6. The summed E-state index contributed by atoms with van der Waals surface area (Å²) in [6.45, 7) is 3.67. The molecule has 1 heterocycles. The smallest absolute Gasteiger partial charge is 0.325 e. The van der Waals surface area contributed by atoms with E-state index < -0.39 is 12.0 Å². The van der Waals surface area contributed by atoms with Crippen molar-refractivity contribution >= 4 is 11.9 Å². The third-order valence-electron chi connectivity index (χ3n) is 3.37. The highest BCUT2D eigenvalue weighted by atomic mass is 16.4. The zero-order valence-corrected chi connectivity index (χ0v) is 10.6. The molecule has 0 radical (unpaired) electrons. The maximum Gasteiger partial charge on any atom is 0.325 e. The topological polar surface area (TPSA) is 69.6 Å².